The van der Waals surface area contributed by atoms with E-state index in [-0.39, 0.29) is 11.5 Å². The summed E-state index contributed by atoms with van der Waals surface area (Å²) in [4.78, 5) is 29.5. The van der Waals surface area contributed by atoms with Crippen molar-refractivity contribution >= 4 is 22.5 Å². The molecule has 3 aromatic rings. The van der Waals surface area contributed by atoms with Crippen molar-refractivity contribution in [1.29, 1.82) is 0 Å². The van der Waals surface area contributed by atoms with Gasteiger partial charge in [0, 0.05) is 44.8 Å². The fraction of sp³-hybridized carbons (Fsp3) is 0.478. The summed E-state index contributed by atoms with van der Waals surface area (Å²) in [6.07, 6.45) is 0.956. The highest BCUT2D eigenvalue weighted by Gasteiger charge is 2.22. The molecule has 0 N–H and O–H groups in total. The Balaban J connectivity index is 1.32. The van der Waals surface area contributed by atoms with E-state index in [0.29, 0.717) is 54.8 Å². The molecule has 0 unspecified atom stereocenters. The number of carbonyl (C=O) groups is 1. The maximum Gasteiger partial charge on any atom is 0.296 e. The first kappa shape index (κ1) is 21.1. The van der Waals surface area contributed by atoms with E-state index in [0.717, 1.165) is 13.1 Å². The number of amides is 1. The first-order valence-electron chi connectivity index (χ1n) is 10.8. The molecular weight excluding hydrogens is 394 g/mol. The van der Waals surface area contributed by atoms with Crippen LogP contribution < -0.4 is 10.5 Å². The minimum atomic E-state index is -0.271. The Morgan fingerprint density at radius 3 is 2.58 bits per heavy atom. The lowest BCUT2D eigenvalue weighted by atomic mass is 10.1. The first-order chi connectivity index (χ1) is 14.8. The Kier molecular flexibility index (Phi) is 5.80. The van der Waals surface area contributed by atoms with Crippen molar-refractivity contribution in [2.45, 2.75) is 47.1 Å². The number of benzene rings is 1. The van der Waals surface area contributed by atoms with Gasteiger partial charge in [0.2, 0.25) is 5.91 Å². The van der Waals surface area contributed by atoms with Crippen molar-refractivity contribution in [3.63, 3.8) is 0 Å². The van der Waals surface area contributed by atoms with Gasteiger partial charge in [-0.25, -0.2) is 4.68 Å². The molecular formula is C23H29N5O3. The lowest BCUT2D eigenvalue weighted by Crippen LogP contribution is -2.49. The predicted molar refractivity (Wildman–Crippen MR) is 119 cm³/mol. The van der Waals surface area contributed by atoms with Gasteiger partial charge in [0.25, 0.3) is 5.56 Å². The topological polar surface area (TPSA) is 84.5 Å². The van der Waals surface area contributed by atoms with Crippen molar-refractivity contribution in [3.8, 4) is 0 Å². The number of anilines is 1. The van der Waals surface area contributed by atoms with E-state index in [1.807, 2.05) is 11.8 Å². The molecule has 3 heterocycles. The molecule has 8 heteroatoms. The number of fused-ring (bicyclic) bond motifs is 1. The van der Waals surface area contributed by atoms with Crippen LogP contribution >= 0.6 is 0 Å². The number of hydrogen-bond donors (Lipinski definition) is 0. The number of nitrogens with zero attached hydrogens (tertiary/aromatic N) is 5. The molecule has 4 rings (SSSR count). The maximum absolute atomic E-state index is 12.7. The Labute approximate surface area is 181 Å². The number of aryl methyl sites for hydroxylation is 5. The standard InChI is InChI=1S/C23H29N5O3/c1-15-7-8-16(2)19(14-15)26-10-12-27(13-11-26)20(29)6-5-9-28-23(30)22-21(17(3)24-28)18(4)31-25-22/h7-8,14H,5-6,9-13H2,1-4H3. The molecule has 164 valence electrons. The van der Waals surface area contributed by atoms with E-state index in [2.05, 4.69) is 47.2 Å². The summed E-state index contributed by atoms with van der Waals surface area (Å²) >= 11 is 0. The van der Waals surface area contributed by atoms with E-state index in [1.165, 1.54) is 21.5 Å². The Bertz CT molecular complexity index is 1170. The van der Waals surface area contributed by atoms with Gasteiger partial charge in [0.15, 0.2) is 5.52 Å². The van der Waals surface area contributed by atoms with Crippen LogP contribution in [0.2, 0.25) is 0 Å². The molecule has 8 nitrogen and oxygen atoms in total. The summed E-state index contributed by atoms with van der Waals surface area (Å²) in [5.41, 5.74) is 4.51. The zero-order valence-corrected chi connectivity index (χ0v) is 18.6. The zero-order chi connectivity index (χ0) is 22.1. The molecule has 0 spiro atoms. The lowest BCUT2D eigenvalue weighted by Gasteiger charge is -2.37. The molecule has 0 atom stereocenters. The second-order valence-corrected chi connectivity index (χ2v) is 8.34. The monoisotopic (exact) mass is 423 g/mol. The number of aromatic nitrogens is 3. The second kappa shape index (κ2) is 8.53. The molecule has 31 heavy (non-hydrogen) atoms. The molecule has 1 aromatic carbocycles. The van der Waals surface area contributed by atoms with Crippen molar-refractivity contribution in [3.05, 3.63) is 51.1 Å². The lowest BCUT2D eigenvalue weighted by molar-refractivity contribution is -0.131. The molecule has 0 aliphatic carbocycles. The summed E-state index contributed by atoms with van der Waals surface area (Å²) in [5.74, 6) is 0.725. The van der Waals surface area contributed by atoms with Gasteiger partial charge in [-0.15, -0.1) is 0 Å². The minimum absolute atomic E-state index is 0.128. The van der Waals surface area contributed by atoms with Crippen molar-refractivity contribution in [2.75, 3.05) is 31.1 Å². The van der Waals surface area contributed by atoms with Gasteiger partial charge in [-0.2, -0.15) is 5.10 Å². The molecule has 0 saturated carbocycles. The molecule has 1 amide bonds. The highest BCUT2D eigenvalue weighted by molar-refractivity contribution is 5.81. The van der Waals surface area contributed by atoms with Gasteiger partial charge in [-0.1, -0.05) is 17.3 Å². The molecule has 1 aliphatic rings. The van der Waals surface area contributed by atoms with Gasteiger partial charge < -0.3 is 14.3 Å². The summed E-state index contributed by atoms with van der Waals surface area (Å²) in [5, 5.41) is 8.93. The average molecular weight is 424 g/mol. The van der Waals surface area contributed by atoms with E-state index >= 15 is 0 Å². The highest BCUT2D eigenvalue weighted by atomic mass is 16.5. The Morgan fingerprint density at radius 2 is 1.84 bits per heavy atom. The fourth-order valence-electron chi connectivity index (χ4n) is 4.29. The third-order valence-electron chi connectivity index (χ3n) is 6.03. The zero-order valence-electron chi connectivity index (χ0n) is 18.6. The van der Waals surface area contributed by atoms with Crippen LogP contribution in [0.25, 0.3) is 10.9 Å². The molecule has 1 aliphatic heterocycles. The van der Waals surface area contributed by atoms with Gasteiger partial charge in [-0.3, -0.25) is 9.59 Å². The normalized spacial score (nSPS) is 14.5. The van der Waals surface area contributed by atoms with E-state index in [1.54, 1.807) is 6.92 Å². The summed E-state index contributed by atoms with van der Waals surface area (Å²) < 4.78 is 6.53. The summed E-state index contributed by atoms with van der Waals surface area (Å²) in [7, 11) is 0. The van der Waals surface area contributed by atoms with E-state index in [4.69, 9.17) is 4.52 Å². The van der Waals surface area contributed by atoms with Crippen LogP contribution in [0, 0.1) is 27.7 Å². The van der Waals surface area contributed by atoms with E-state index in [9.17, 15) is 9.59 Å². The van der Waals surface area contributed by atoms with Crippen LogP contribution in [0.5, 0.6) is 0 Å². The van der Waals surface area contributed by atoms with Gasteiger partial charge in [0.1, 0.15) is 5.76 Å². The van der Waals surface area contributed by atoms with Gasteiger partial charge in [-0.05, 0) is 51.3 Å². The van der Waals surface area contributed by atoms with Crippen molar-refractivity contribution in [1.82, 2.24) is 19.8 Å². The summed E-state index contributed by atoms with van der Waals surface area (Å²) in [6, 6.07) is 6.49. The molecule has 2 aromatic heterocycles. The van der Waals surface area contributed by atoms with Crippen molar-refractivity contribution in [2.24, 2.45) is 0 Å². The SMILES string of the molecule is Cc1ccc(C)c(N2CCN(C(=O)CCCn3nc(C)c4c(C)onc4c3=O)CC2)c1. The fourth-order valence-corrected chi connectivity index (χ4v) is 4.29. The maximum atomic E-state index is 12.7. The van der Waals surface area contributed by atoms with Crippen LogP contribution in [-0.2, 0) is 11.3 Å². The van der Waals surface area contributed by atoms with Crippen LogP contribution in [0.15, 0.2) is 27.5 Å². The summed E-state index contributed by atoms with van der Waals surface area (Å²) in [6.45, 7) is 11.3. The van der Waals surface area contributed by atoms with Crippen LogP contribution in [0.1, 0.15) is 35.4 Å². The number of carbonyl (C=O) groups excluding carboxylic acids is 1. The van der Waals surface area contributed by atoms with Crippen molar-refractivity contribution < 1.29 is 9.32 Å². The second-order valence-electron chi connectivity index (χ2n) is 8.34. The van der Waals surface area contributed by atoms with Gasteiger partial charge >= 0.3 is 0 Å². The molecule has 0 bridgehead atoms. The smallest absolute Gasteiger partial charge is 0.296 e. The molecule has 1 fully saturated rings. The molecule has 1 saturated heterocycles. The quantitative estimate of drug-likeness (QED) is 0.627. The van der Waals surface area contributed by atoms with Crippen LogP contribution in [0.4, 0.5) is 5.69 Å². The van der Waals surface area contributed by atoms with Crippen LogP contribution in [-0.4, -0.2) is 51.9 Å². The van der Waals surface area contributed by atoms with E-state index < -0.39 is 0 Å². The Morgan fingerprint density at radius 1 is 1.10 bits per heavy atom. The number of rotatable bonds is 5. The number of hydrogen-bond acceptors (Lipinski definition) is 6. The minimum Gasteiger partial charge on any atom is -0.368 e. The van der Waals surface area contributed by atoms with Gasteiger partial charge in [0.05, 0.1) is 11.1 Å². The third kappa shape index (κ3) is 4.19. The predicted octanol–water partition coefficient (Wildman–Crippen LogP) is 2.75. The first-order valence-corrected chi connectivity index (χ1v) is 10.8. The van der Waals surface area contributed by atoms with Crippen LogP contribution in [0.3, 0.4) is 0 Å². The average Bonchev–Trinajstić information content (AvgIpc) is 3.15. The number of piperazine rings is 1. The highest BCUT2D eigenvalue weighted by Crippen LogP contribution is 2.23. The molecule has 0 radical (unpaired) electrons. The Hall–Kier alpha value is -3.16. The largest absolute Gasteiger partial charge is 0.368 e. The third-order valence-corrected chi connectivity index (χ3v) is 6.03.